The average Bonchev–Trinajstić information content (AvgIpc) is 3.11. The van der Waals surface area contributed by atoms with E-state index in [2.05, 4.69) is 20.8 Å². The molecule has 7 nitrogen and oxygen atoms in total. The number of carbonyl (C=O) groups is 1. The van der Waals surface area contributed by atoms with Gasteiger partial charge >= 0.3 is 0 Å². The van der Waals surface area contributed by atoms with E-state index < -0.39 is 6.04 Å². The summed E-state index contributed by atoms with van der Waals surface area (Å²) in [6.45, 7) is 6.74. The van der Waals surface area contributed by atoms with Crippen LogP contribution in [0.1, 0.15) is 34.6 Å². The summed E-state index contributed by atoms with van der Waals surface area (Å²) in [5, 5.41) is 0.460. The molecule has 8 heteroatoms. The van der Waals surface area contributed by atoms with Gasteiger partial charge in [-0.1, -0.05) is 28.1 Å². The summed E-state index contributed by atoms with van der Waals surface area (Å²) in [4.78, 5) is 31.1. The third kappa shape index (κ3) is 4.18. The van der Waals surface area contributed by atoms with Crippen LogP contribution in [0.2, 0.25) is 0 Å². The smallest absolute Gasteiger partial charge is 0.290 e. The van der Waals surface area contributed by atoms with Gasteiger partial charge in [0.15, 0.2) is 5.43 Å². The molecular weight excluding hydrogens is 488 g/mol. The second-order valence-electron chi connectivity index (χ2n) is 8.17. The van der Waals surface area contributed by atoms with Crippen LogP contribution in [0.4, 0.5) is 0 Å². The highest BCUT2D eigenvalue weighted by Crippen LogP contribution is 2.38. The molecule has 0 saturated carbocycles. The monoisotopic (exact) mass is 512 g/mol. The Hall–Kier alpha value is -2.68. The van der Waals surface area contributed by atoms with Crippen molar-refractivity contribution >= 4 is 32.8 Å². The van der Waals surface area contributed by atoms with Crippen LogP contribution in [0.3, 0.4) is 0 Å². The SMILES string of the molecule is CCOc1ccc(C2c3c(oc4ccc(Br)cc4c3=O)C(=O)N2CCN2CCOCC2)cc1. The standard InChI is InChI=1S/C25H25BrN2O5/c1-2-32-18-6-3-16(4-7-18)22-21-23(29)19-15-17(26)5-8-20(19)33-24(21)25(30)28(22)10-9-27-11-13-31-14-12-27/h3-8,15,22H,2,9-14H2,1H3. The van der Waals surface area contributed by atoms with Gasteiger partial charge in [0, 0.05) is 30.7 Å². The number of halogens is 1. The van der Waals surface area contributed by atoms with Crippen LogP contribution in [0.25, 0.3) is 11.0 Å². The molecule has 1 aromatic heterocycles. The summed E-state index contributed by atoms with van der Waals surface area (Å²) < 4.78 is 17.8. The van der Waals surface area contributed by atoms with Crippen molar-refractivity contribution in [3.8, 4) is 5.75 Å². The number of ether oxygens (including phenoxy) is 2. The lowest BCUT2D eigenvalue weighted by molar-refractivity contribution is 0.0314. The molecule has 0 aliphatic carbocycles. The van der Waals surface area contributed by atoms with Crippen LogP contribution >= 0.6 is 15.9 Å². The Balaban J connectivity index is 1.58. The fourth-order valence-electron chi connectivity index (χ4n) is 4.56. The summed E-state index contributed by atoms with van der Waals surface area (Å²) in [6.07, 6.45) is 0. The average molecular weight is 513 g/mol. The van der Waals surface area contributed by atoms with Gasteiger partial charge in [0.25, 0.3) is 5.91 Å². The molecule has 5 rings (SSSR count). The normalized spacial score (nSPS) is 18.7. The van der Waals surface area contributed by atoms with Crippen molar-refractivity contribution in [3.63, 3.8) is 0 Å². The van der Waals surface area contributed by atoms with Crippen LogP contribution in [0.5, 0.6) is 5.75 Å². The summed E-state index contributed by atoms with van der Waals surface area (Å²) in [6, 6.07) is 12.4. The van der Waals surface area contributed by atoms with E-state index >= 15 is 0 Å². The van der Waals surface area contributed by atoms with Gasteiger partial charge in [-0.25, -0.2) is 0 Å². The summed E-state index contributed by atoms with van der Waals surface area (Å²) in [5.74, 6) is 0.634. The second kappa shape index (κ2) is 9.29. The van der Waals surface area contributed by atoms with Crippen LogP contribution in [0.15, 0.2) is 56.1 Å². The van der Waals surface area contributed by atoms with Crippen molar-refractivity contribution in [1.82, 2.24) is 9.80 Å². The molecule has 1 saturated heterocycles. The lowest BCUT2D eigenvalue weighted by atomic mass is 9.98. The molecule has 2 aliphatic rings. The predicted octanol–water partition coefficient (Wildman–Crippen LogP) is 3.83. The topological polar surface area (TPSA) is 72.2 Å². The minimum absolute atomic E-state index is 0.135. The molecule has 172 valence electrons. The largest absolute Gasteiger partial charge is 0.494 e. The van der Waals surface area contributed by atoms with Gasteiger partial charge in [0.2, 0.25) is 5.76 Å². The fourth-order valence-corrected chi connectivity index (χ4v) is 4.92. The highest BCUT2D eigenvalue weighted by Gasteiger charge is 2.42. The van der Waals surface area contributed by atoms with Gasteiger partial charge in [-0.2, -0.15) is 0 Å². The Labute approximate surface area is 200 Å². The molecule has 0 radical (unpaired) electrons. The highest BCUT2D eigenvalue weighted by atomic mass is 79.9. The van der Waals surface area contributed by atoms with E-state index in [0.29, 0.717) is 49.4 Å². The van der Waals surface area contributed by atoms with Gasteiger partial charge in [-0.3, -0.25) is 14.5 Å². The number of carbonyl (C=O) groups excluding carboxylic acids is 1. The molecule has 1 amide bonds. The van der Waals surface area contributed by atoms with Gasteiger partial charge in [-0.15, -0.1) is 0 Å². The molecule has 3 heterocycles. The molecule has 1 fully saturated rings. The Morgan fingerprint density at radius 3 is 2.55 bits per heavy atom. The van der Waals surface area contributed by atoms with E-state index in [1.807, 2.05) is 31.2 Å². The summed E-state index contributed by atoms with van der Waals surface area (Å²) in [5.41, 5.74) is 1.50. The molecule has 1 unspecified atom stereocenters. The number of hydrogen-bond acceptors (Lipinski definition) is 6. The number of rotatable bonds is 6. The van der Waals surface area contributed by atoms with E-state index in [9.17, 15) is 9.59 Å². The molecule has 33 heavy (non-hydrogen) atoms. The quantitative estimate of drug-likeness (QED) is 0.499. The first-order chi connectivity index (χ1) is 16.1. The van der Waals surface area contributed by atoms with Crippen molar-refractivity contribution in [2.24, 2.45) is 0 Å². The Morgan fingerprint density at radius 2 is 1.82 bits per heavy atom. The van der Waals surface area contributed by atoms with Crippen molar-refractivity contribution in [3.05, 3.63) is 74.0 Å². The van der Waals surface area contributed by atoms with Crippen molar-refractivity contribution in [2.45, 2.75) is 13.0 Å². The van der Waals surface area contributed by atoms with Gasteiger partial charge in [-0.05, 0) is 42.8 Å². The Kier molecular flexibility index (Phi) is 6.23. The number of hydrogen-bond donors (Lipinski definition) is 0. The maximum Gasteiger partial charge on any atom is 0.290 e. The van der Waals surface area contributed by atoms with Crippen molar-refractivity contribution in [2.75, 3.05) is 46.0 Å². The van der Waals surface area contributed by atoms with Crippen LogP contribution in [-0.4, -0.2) is 61.7 Å². The van der Waals surface area contributed by atoms with Crippen LogP contribution in [-0.2, 0) is 4.74 Å². The second-order valence-corrected chi connectivity index (χ2v) is 9.09. The van der Waals surface area contributed by atoms with E-state index in [1.54, 1.807) is 23.1 Å². The van der Waals surface area contributed by atoms with E-state index in [1.165, 1.54) is 0 Å². The zero-order valence-corrected chi connectivity index (χ0v) is 20.0. The van der Waals surface area contributed by atoms with Crippen LogP contribution < -0.4 is 10.2 Å². The van der Waals surface area contributed by atoms with Gasteiger partial charge in [0.1, 0.15) is 11.3 Å². The number of amides is 1. The molecule has 0 N–H and O–H groups in total. The zero-order chi connectivity index (χ0) is 22.9. The highest BCUT2D eigenvalue weighted by molar-refractivity contribution is 9.10. The Bertz CT molecular complexity index is 1230. The first-order valence-corrected chi connectivity index (χ1v) is 12.0. The van der Waals surface area contributed by atoms with Crippen molar-refractivity contribution in [1.29, 1.82) is 0 Å². The maximum absolute atomic E-state index is 13.6. The molecule has 2 aromatic carbocycles. The number of nitrogens with zero attached hydrogens (tertiary/aromatic N) is 2. The maximum atomic E-state index is 13.6. The summed E-state index contributed by atoms with van der Waals surface area (Å²) in [7, 11) is 0. The Morgan fingerprint density at radius 1 is 1.06 bits per heavy atom. The number of fused-ring (bicyclic) bond motifs is 2. The summed E-state index contributed by atoms with van der Waals surface area (Å²) >= 11 is 3.44. The molecule has 3 aromatic rings. The fraction of sp³-hybridized carbons (Fsp3) is 0.360. The molecule has 0 spiro atoms. The van der Waals surface area contributed by atoms with Crippen molar-refractivity contribution < 1.29 is 18.7 Å². The first-order valence-electron chi connectivity index (χ1n) is 11.2. The minimum atomic E-state index is -0.510. The number of morpholine rings is 1. The minimum Gasteiger partial charge on any atom is -0.494 e. The molecular formula is C25H25BrN2O5. The first kappa shape index (κ1) is 22.1. The third-order valence-electron chi connectivity index (χ3n) is 6.20. The molecule has 1 atom stereocenters. The van der Waals surface area contributed by atoms with E-state index in [-0.39, 0.29) is 17.1 Å². The third-order valence-corrected chi connectivity index (χ3v) is 6.69. The lowest BCUT2D eigenvalue weighted by Gasteiger charge is -2.31. The number of benzene rings is 2. The predicted molar refractivity (Wildman–Crippen MR) is 128 cm³/mol. The molecule has 0 bridgehead atoms. The lowest BCUT2D eigenvalue weighted by Crippen LogP contribution is -2.42. The van der Waals surface area contributed by atoms with Gasteiger partial charge in [0.05, 0.1) is 36.8 Å². The van der Waals surface area contributed by atoms with E-state index in [4.69, 9.17) is 13.9 Å². The van der Waals surface area contributed by atoms with E-state index in [0.717, 1.165) is 28.9 Å². The molecule has 2 aliphatic heterocycles. The van der Waals surface area contributed by atoms with Gasteiger partial charge < -0.3 is 18.8 Å². The van der Waals surface area contributed by atoms with Crippen LogP contribution in [0, 0.1) is 0 Å². The zero-order valence-electron chi connectivity index (χ0n) is 18.4.